The van der Waals surface area contributed by atoms with Gasteiger partial charge >= 0.3 is 0 Å². The lowest BCUT2D eigenvalue weighted by atomic mass is 10.2. The van der Waals surface area contributed by atoms with E-state index in [1.54, 1.807) is 6.33 Å². The number of nitrogens with one attached hydrogen (secondary N) is 1. The van der Waals surface area contributed by atoms with Gasteiger partial charge in [-0.25, -0.2) is 9.97 Å². The van der Waals surface area contributed by atoms with Crippen molar-refractivity contribution in [1.29, 1.82) is 0 Å². The number of benzene rings is 1. The summed E-state index contributed by atoms with van der Waals surface area (Å²) in [6.45, 7) is 0. The average molecular weight is 299 g/mol. The molecule has 1 aromatic heterocycles. The Morgan fingerprint density at radius 3 is 2.84 bits per heavy atom. The van der Waals surface area contributed by atoms with Crippen molar-refractivity contribution in [2.75, 3.05) is 5.32 Å². The van der Waals surface area contributed by atoms with E-state index in [1.807, 2.05) is 18.2 Å². The van der Waals surface area contributed by atoms with Crippen LogP contribution >= 0.6 is 24.0 Å². The first kappa shape index (κ1) is 14.3. The highest BCUT2D eigenvalue weighted by atomic mass is 35.5. The molecule has 1 aliphatic carbocycles. The van der Waals surface area contributed by atoms with Crippen molar-refractivity contribution < 1.29 is 0 Å². The lowest BCUT2D eigenvalue weighted by Gasteiger charge is -2.14. The number of fused-ring (bicyclic) bond motifs is 1. The fourth-order valence-corrected chi connectivity index (χ4v) is 2.66. The number of aromatic nitrogens is 2. The lowest BCUT2D eigenvalue weighted by molar-refractivity contribution is 0.687. The molecule has 0 bridgehead atoms. The van der Waals surface area contributed by atoms with Crippen molar-refractivity contribution in [2.45, 2.75) is 31.3 Å². The maximum atomic E-state index is 6.03. The van der Waals surface area contributed by atoms with Crippen LogP contribution in [0.5, 0.6) is 0 Å². The molecule has 1 aromatic carbocycles. The van der Waals surface area contributed by atoms with Crippen molar-refractivity contribution in [2.24, 2.45) is 5.73 Å². The standard InChI is InChI=1S/C13H15ClN4.ClH/c14-8-1-4-12-11(5-8)13(17-7-16-12)18-10-3-2-9(15)6-10;/h1,4-5,7,9-10H,2-3,6,15H2,(H,16,17,18);1H/t9-,10-;/m0./s1. The van der Waals surface area contributed by atoms with Crippen molar-refractivity contribution in [3.8, 4) is 0 Å². The van der Waals surface area contributed by atoms with Crippen LogP contribution in [0.15, 0.2) is 24.5 Å². The predicted molar refractivity (Wildman–Crippen MR) is 81.0 cm³/mol. The van der Waals surface area contributed by atoms with Crippen molar-refractivity contribution in [1.82, 2.24) is 9.97 Å². The second-order valence-corrected chi connectivity index (χ2v) is 5.23. The number of halogens is 2. The van der Waals surface area contributed by atoms with E-state index in [-0.39, 0.29) is 12.4 Å². The Balaban J connectivity index is 0.00000133. The van der Waals surface area contributed by atoms with Gasteiger partial charge in [-0.2, -0.15) is 0 Å². The molecule has 3 N–H and O–H groups in total. The predicted octanol–water partition coefficient (Wildman–Crippen LogP) is 3.00. The Kier molecular flexibility index (Phi) is 4.45. The molecule has 0 aliphatic heterocycles. The first-order valence-electron chi connectivity index (χ1n) is 6.15. The van der Waals surface area contributed by atoms with Crippen LogP contribution in [0.25, 0.3) is 10.9 Å². The molecule has 0 radical (unpaired) electrons. The van der Waals surface area contributed by atoms with Gasteiger partial charge in [0.25, 0.3) is 0 Å². The number of nitrogens with two attached hydrogens (primary N) is 1. The second-order valence-electron chi connectivity index (χ2n) is 4.80. The smallest absolute Gasteiger partial charge is 0.137 e. The number of hydrogen-bond donors (Lipinski definition) is 2. The van der Waals surface area contributed by atoms with Crippen LogP contribution in [0.4, 0.5) is 5.82 Å². The van der Waals surface area contributed by atoms with Crippen molar-refractivity contribution in [3.05, 3.63) is 29.5 Å². The minimum Gasteiger partial charge on any atom is -0.367 e. The largest absolute Gasteiger partial charge is 0.367 e. The van der Waals surface area contributed by atoms with E-state index in [9.17, 15) is 0 Å². The monoisotopic (exact) mass is 298 g/mol. The number of hydrogen-bond acceptors (Lipinski definition) is 4. The molecule has 19 heavy (non-hydrogen) atoms. The Labute approximate surface area is 123 Å². The normalized spacial score (nSPS) is 22.2. The Morgan fingerprint density at radius 2 is 2.11 bits per heavy atom. The quantitative estimate of drug-likeness (QED) is 0.894. The molecule has 1 fully saturated rings. The maximum absolute atomic E-state index is 6.03. The van der Waals surface area contributed by atoms with E-state index in [4.69, 9.17) is 17.3 Å². The van der Waals surface area contributed by atoms with Crippen LogP contribution in [0.2, 0.25) is 5.02 Å². The zero-order chi connectivity index (χ0) is 12.5. The highest BCUT2D eigenvalue weighted by Gasteiger charge is 2.22. The molecule has 0 unspecified atom stereocenters. The number of anilines is 1. The van der Waals surface area contributed by atoms with Crippen LogP contribution in [-0.4, -0.2) is 22.1 Å². The second kappa shape index (κ2) is 5.90. The van der Waals surface area contributed by atoms with Gasteiger partial charge in [0.15, 0.2) is 0 Å². The minimum absolute atomic E-state index is 0. The number of nitrogens with zero attached hydrogens (tertiary/aromatic N) is 2. The summed E-state index contributed by atoms with van der Waals surface area (Å²) in [5.41, 5.74) is 6.82. The van der Waals surface area contributed by atoms with Gasteiger partial charge < -0.3 is 11.1 Å². The van der Waals surface area contributed by atoms with E-state index in [0.717, 1.165) is 36.0 Å². The maximum Gasteiger partial charge on any atom is 0.137 e. The van der Waals surface area contributed by atoms with Crippen LogP contribution in [0.3, 0.4) is 0 Å². The van der Waals surface area contributed by atoms with Gasteiger partial charge in [0.05, 0.1) is 5.52 Å². The van der Waals surface area contributed by atoms with E-state index < -0.39 is 0 Å². The van der Waals surface area contributed by atoms with Gasteiger partial charge in [0.1, 0.15) is 12.1 Å². The van der Waals surface area contributed by atoms with E-state index >= 15 is 0 Å². The van der Waals surface area contributed by atoms with Gasteiger partial charge in [-0.1, -0.05) is 11.6 Å². The summed E-state index contributed by atoms with van der Waals surface area (Å²) in [5.74, 6) is 0.849. The third kappa shape index (κ3) is 3.08. The van der Waals surface area contributed by atoms with Gasteiger partial charge in [0.2, 0.25) is 0 Å². The van der Waals surface area contributed by atoms with Gasteiger partial charge in [-0.15, -0.1) is 12.4 Å². The van der Waals surface area contributed by atoms with Gasteiger partial charge in [-0.05, 0) is 37.5 Å². The topological polar surface area (TPSA) is 63.8 Å². The summed E-state index contributed by atoms with van der Waals surface area (Å²) in [6, 6.07) is 6.35. The summed E-state index contributed by atoms with van der Waals surface area (Å²) in [5, 5.41) is 5.11. The number of rotatable bonds is 2. The third-order valence-electron chi connectivity index (χ3n) is 3.41. The molecule has 1 saturated carbocycles. The first-order valence-corrected chi connectivity index (χ1v) is 6.52. The molecule has 0 saturated heterocycles. The summed E-state index contributed by atoms with van der Waals surface area (Å²) >= 11 is 6.03. The third-order valence-corrected chi connectivity index (χ3v) is 3.65. The van der Waals surface area contributed by atoms with Crippen molar-refractivity contribution in [3.63, 3.8) is 0 Å². The molecule has 1 heterocycles. The minimum atomic E-state index is 0. The van der Waals surface area contributed by atoms with E-state index in [0.29, 0.717) is 17.1 Å². The van der Waals surface area contributed by atoms with E-state index in [2.05, 4.69) is 15.3 Å². The fraction of sp³-hybridized carbons (Fsp3) is 0.385. The Morgan fingerprint density at radius 1 is 1.26 bits per heavy atom. The molecule has 6 heteroatoms. The molecule has 0 spiro atoms. The molecule has 1 aliphatic rings. The van der Waals surface area contributed by atoms with Crippen molar-refractivity contribution >= 4 is 40.7 Å². The zero-order valence-corrected chi connectivity index (χ0v) is 11.9. The summed E-state index contributed by atoms with van der Waals surface area (Å²) in [7, 11) is 0. The van der Waals surface area contributed by atoms with Crippen LogP contribution < -0.4 is 11.1 Å². The summed E-state index contributed by atoms with van der Waals surface area (Å²) in [6.07, 6.45) is 4.73. The molecule has 2 atom stereocenters. The summed E-state index contributed by atoms with van der Waals surface area (Å²) < 4.78 is 0. The fourth-order valence-electron chi connectivity index (χ4n) is 2.48. The molecule has 0 amide bonds. The zero-order valence-electron chi connectivity index (χ0n) is 10.3. The van der Waals surface area contributed by atoms with Crippen LogP contribution in [0.1, 0.15) is 19.3 Å². The molecule has 3 rings (SSSR count). The highest BCUT2D eigenvalue weighted by Crippen LogP contribution is 2.26. The van der Waals surface area contributed by atoms with Crippen LogP contribution in [-0.2, 0) is 0 Å². The van der Waals surface area contributed by atoms with Crippen LogP contribution in [0, 0.1) is 0 Å². The van der Waals surface area contributed by atoms with Gasteiger partial charge in [0, 0.05) is 22.5 Å². The first-order chi connectivity index (χ1) is 8.72. The molecule has 2 aromatic rings. The highest BCUT2D eigenvalue weighted by molar-refractivity contribution is 6.31. The average Bonchev–Trinajstić information content (AvgIpc) is 2.76. The molecular formula is C13H16Cl2N4. The Hall–Kier alpha value is -1.10. The molecule has 102 valence electrons. The van der Waals surface area contributed by atoms with Gasteiger partial charge in [-0.3, -0.25) is 0 Å². The Bertz CT molecular complexity index is 576. The van der Waals surface area contributed by atoms with E-state index in [1.165, 1.54) is 0 Å². The SMILES string of the molecule is Cl.N[C@H]1CC[C@H](Nc2ncnc3ccc(Cl)cc23)C1. The summed E-state index contributed by atoms with van der Waals surface area (Å²) in [4.78, 5) is 8.55. The lowest BCUT2D eigenvalue weighted by Crippen LogP contribution is -2.21. The molecular weight excluding hydrogens is 283 g/mol. The molecule has 4 nitrogen and oxygen atoms in total.